The van der Waals surface area contributed by atoms with Gasteiger partial charge in [0.1, 0.15) is 11.5 Å². The molecule has 1 aliphatic carbocycles. The molecule has 31 heavy (non-hydrogen) atoms. The number of fused-ring (bicyclic) bond motifs is 1. The number of carbonyl (C=O) groups excluding carboxylic acids is 2. The van der Waals surface area contributed by atoms with Crippen LogP contribution in [0.1, 0.15) is 54.8 Å². The number of amides is 2. The highest BCUT2D eigenvalue weighted by Gasteiger charge is 2.34. The highest BCUT2D eigenvalue weighted by molar-refractivity contribution is 5.92. The van der Waals surface area contributed by atoms with E-state index in [0.29, 0.717) is 6.54 Å². The van der Waals surface area contributed by atoms with Crippen LogP contribution in [-0.2, 0) is 11.2 Å². The Morgan fingerprint density at radius 2 is 1.94 bits per heavy atom. The second kappa shape index (κ2) is 9.63. The van der Waals surface area contributed by atoms with Gasteiger partial charge in [-0.25, -0.2) is 4.98 Å². The van der Waals surface area contributed by atoms with Gasteiger partial charge in [-0.2, -0.15) is 0 Å². The van der Waals surface area contributed by atoms with Gasteiger partial charge in [0.2, 0.25) is 5.91 Å². The van der Waals surface area contributed by atoms with Gasteiger partial charge in [0.25, 0.3) is 5.91 Å². The molecule has 3 aromatic rings. The second-order valence-electron chi connectivity index (χ2n) is 8.16. The zero-order valence-corrected chi connectivity index (χ0v) is 17.5. The van der Waals surface area contributed by atoms with Crippen molar-refractivity contribution < 1.29 is 9.59 Å². The van der Waals surface area contributed by atoms with E-state index in [-0.39, 0.29) is 35.9 Å². The largest absolute Gasteiger partial charge is 0.355 e. The van der Waals surface area contributed by atoms with Gasteiger partial charge in [0, 0.05) is 44.5 Å². The number of hydrogen-bond acceptors (Lipinski definition) is 6. The zero-order chi connectivity index (χ0) is 21.5. The van der Waals surface area contributed by atoms with Crippen molar-refractivity contribution >= 4 is 17.5 Å². The molecule has 0 unspecified atom stereocenters. The van der Waals surface area contributed by atoms with E-state index in [1.165, 1.54) is 25.0 Å². The van der Waals surface area contributed by atoms with E-state index >= 15 is 0 Å². The molecule has 0 saturated heterocycles. The van der Waals surface area contributed by atoms with E-state index in [1.54, 1.807) is 0 Å². The Bertz CT molecular complexity index is 1030. The molecule has 9 nitrogen and oxygen atoms in total. The lowest BCUT2D eigenvalue weighted by molar-refractivity contribution is -0.121. The van der Waals surface area contributed by atoms with E-state index in [0.717, 1.165) is 43.6 Å². The van der Waals surface area contributed by atoms with Gasteiger partial charge >= 0.3 is 0 Å². The maximum absolute atomic E-state index is 12.4. The summed E-state index contributed by atoms with van der Waals surface area (Å²) in [6.45, 7) is 0.856. The predicted molar refractivity (Wildman–Crippen MR) is 114 cm³/mol. The van der Waals surface area contributed by atoms with Gasteiger partial charge in [-0.05, 0) is 30.4 Å². The fourth-order valence-corrected chi connectivity index (χ4v) is 4.24. The van der Waals surface area contributed by atoms with Crippen LogP contribution in [0.15, 0.2) is 43.0 Å². The molecule has 1 aliphatic rings. The van der Waals surface area contributed by atoms with Crippen LogP contribution in [-0.4, -0.2) is 49.5 Å². The van der Waals surface area contributed by atoms with Crippen molar-refractivity contribution in [1.29, 1.82) is 0 Å². The van der Waals surface area contributed by atoms with Crippen LogP contribution in [0.5, 0.6) is 0 Å². The lowest BCUT2D eigenvalue weighted by atomic mass is 9.71. The summed E-state index contributed by atoms with van der Waals surface area (Å²) >= 11 is 0. The normalized spacial score (nSPS) is 15.5. The van der Waals surface area contributed by atoms with Gasteiger partial charge in [-0.3, -0.25) is 19.0 Å². The van der Waals surface area contributed by atoms with Crippen LogP contribution in [0, 0.1) is 5.41 Å². The fourth-order valence-electron chi connectivity index (χ4n) is 4.24. The Labute approximate surface area is 180 Å². The third kappa shape index (κ3) is 5.22. The maximum Gasteiger partial charge on any atom is 0.271 e. The van der Waals surface area contributed by atoms with E-state index in [1.807, 2.05) is 28.8 Å². The molecule has 162 valence electrons. The predicted octanol–water partition coefficient (Wildman–Crippen LogP) is 1.95. The monoisotopic (exact) mass is 421 g/mol. The minimum atomic E-state index is -0.330. The Kier molecular flexibility index (Phi) is 6.49. The first-order valence-electron chi connectivity index (χ1n) is 10.7. The van der Waals surface area contributed by atoms with Gasteiger partial charge in [0.15, 0.2) is 5.65 Å². The van der Waals surface area contributed by atoms with Crippen molar-refractivity contribution in [3.8, 4) is 0 Å². The van der Waals surface area contributed by atoms with Gasteiger partial charge < -0.3 is 10.6 Å². The van der Waals surface area contributed by atoms with Crippen molar-refractivity contribution in [2.45, 2.75) is 44.9 Å². The quantitative estimate of drug-likeness (QED) is 0.575. The minimum Gasteiger partial charge on any atom is -0.355 e. The van der Waals surface area contributed by atoms with Crippen LogP contribution < -0.4 is 10.6 Å². The molecule has 3 aromatic heterocycles. The molecule has 9 heteroatoms. The third-order valence-corrected chi connectivity index (χ3v) is 5.93. The van der Waals surface area contributed by atoms with Crippen LogP contribution in [0.2, 0.25) is 0 Å². The average molecular weight is 422 g/mol. The summed E-state index contributed by atoms with van der Waals surface area (Å²) in [6, 6.07) is 5.87. The molecule has 4 rings (SSSR count). The van der Waals surface area contributed by atoms with Gasteiger partial charge in [0.05, 0.1) is 6.20 Å². The molecule has 3 heterocycles. The van der Waals surface area contributed by atoms with Crippen LogP contribution >= 0.6 is 0 Å². The van der Waals surface area contributed by atoms with Gasteiger partial charge in [-0.15, -0.1) is 10.2 Å². The zero-order valence-electron chi connectivity index (χ0n) is 17.5. The molecule has 1 saturated carbocycles. The SMILES string of the molecule is O=C(CCNC(=O)c1cnccn1)NCC1(Cc2nnc3ccccn23)CCCCC1. The molecule has 0 atom stereocenters. The van der Waals surface area contributed by atoms with E-state index in [2.05, 4.69) is 30.8 Å². The molecule has 2 amide bonds. The number of nitrogens with one attached hydrogen (secondary N) is 2. The molecule has 0 aliphatic heterocycles. The Morgan fingerprint density at radius 1 is 1.06 bits per heavy atom. The van der Waals surface area contributed by atoms with Crippen molar-refractivity contribution in [3.05, 3.63) is 54.5 Å². The number of nitrogens with zero attached hydrogens (tertiary/aromatic N) is 5. The standard InChI is InChI=1S/C22H27N7O2/c30-20(7-10-25-21(31)17-15-23-11-12-24-17)26-16-22(8-3-1-4-9-22)14-19-28-27-18-6-2-5-13-29(18)19/h2,5-6,11-13,15H,1,3-4,7-10,14,16H2,(H,25,31)(H,26,30). The Hall–Kier alpha value is -3.36. The minimum absolute atomic E-state index is 0.0183. The maximum atomic E-state index is 12.4. The molecule has 0 aromatic carbocycles. The van der Waals surface area contributed by atoms with Crippen molar-refractivity contribution in [2.75, 3.05) is 13.1 Å². The van der Waals surface area contributed by atoms with Crippen LogP contribution in [0.3, 0.4) is 0 Å². The number of aromatic nitrogens is 5. The van der Waals surface area contributed by atoms with E-state index in [4.69, 9.17) is 0 Å². The third-order valence-electron chi connectivity index (χ3n) is 5.93. The van der Waals surface area contributed by atoms with E-state index in [9.17, 15) is 9.59 Å². The fraction of sp³-hybridized carbons (Fsp3) is 0.455. The topological polar surface area (TPSA) is 114 Å². The summed E-state index contributed by atoms with van der Waals surface area (Å²) in [5, 5.41) is 14.5. The highest BCUT2D eigenvalue weighted by atomic mass is 16.2. The summed E-state index contributed by atoms with van der Waals surface area (Å²) in [6.07, 6.45) is 13.0. The van der Waals surface area contributed by atoms with Crippen molar-refractivity contribution in [1.82, 2.24) is 35.2 Å². The first-order valence-corrected chi connectivity index (χ1v) is 10.7. The van der Waals surface area contributed by atoms with E-state index < -0.39 is 0 Å². The summed E-state index contributed by atoms with van der Waals surface area (Å²) in [4.78, 5) is 32.3. The smallest absolute Gasteiger partial charge is 0.271 e. The number of hydrogen-bond donors (Lipinski definition) is 2. The summed E-state index contributed by atoms with van der Waals surface area (Å²) in [7, 11) is 0. The molecule has 0 spiro atoms. The van der Waals surface area contributed by atoms with Crippen LogP contribution in [0.4, 0.5) is 0 Å². The van der Waals surface area contributed by atoms with Crippen LogP contribution in [0.25, 0.3) is 5.65 Å². The highest BCUT2D eigenvalue weighted by Crippen LogP contribution is 2.38. The summed E-state index contributed by atoms with van der Waals surface area (Å²) in [5.74, 6) is 0.529. The first-order chi connectivity index (χ1) is 15.2. The Balaban J connectivity index is 1.31. The Morgan fingerprint density at radius 3 is 2.74 bits per heavy atom. The molecule has 1 fully saturated rings. The molecule has 2 N–H and O–H groups in total. The van der Waals surface area contributed by atoms with Gasteiger partial charge in [-0.1, -0.05) is 25.3 Å². The summed E-state index contributed by atoms with van der Waals surface area (Å²) in [5.41, 5.74) is 1.06. The molecular weight excluding hydrogens is 394 g/mol. The number of carbonyl (C=O) groups is 2. The second-order valence-corrected chi connectivity index (χ2v) is 8.16. The lowest BCUT2D eigenvalue weighted by Gasteiger charge is -2.37. The first kappa shape index (κ1) is 20.9. The molecular formula is C22H27N7O2. The molecule has 0 bridgehead atoms. The summed E-state index contributed by atoms with van der Waals surface area (Å²) < 4.78 is 2.03. The molecule has 0 radical (unpaired) electrons. The lowest BCUT2D eigenvalue weighted by Crippen LogP contribution is -2.41. The number of pyridine rings is 1. The number of rotatable bonds is 8. The average Bonchev–Trinajstić information content (AvgIpc) is 3.21. The van der Waals surface area contributed by atoms with Crippen molar-refractivity contribution in [3.63, 3.8) is 0 Å². The van der Waals surface area contributed by atoms with Crippen molar-refractivity contribution in [2.24, 2.45) is 5.41 Å².